The fourth-order valence-electron chi connectivity index (χ4n) is 8.35. The molecular weight excluding hydrogens is 1320 g/mol. The summed E-state index contributed by atoms with van der Waals surface area (Å²) in [5.74, 6) is -1.46. The fourth-order valence-corrected chi connectivity index (χ4v) is 13.1. The molecule has 0 fully saturated rings. The van der Waals surface area contributed by atoms with Gasteiger partial charge in [-0.3, -0.25) is 4.79 Å². The van der Waals surface area contributed by atoms with Crippen molar-refractivity contribution >= 4 is 151 Å². The Balaban J connectivity index is 0.000000696. The summed E-state index contributed by atoms with van der Waals surface area (Å²) in [4.78, 5) is 54.5. The quantitative estimate of drug-likeness (QED) is 0.0104. The van der Waals surface area contributed by atoms with Gasteiger partial charge in [0.25, 0.3) is 0 Å². The zero-order valence-electron chi connectivity index (χ0n) is 51.4. The standard InChI is InChI=1S/C21H31ClN6O4S.C20H27Cl2N3O4S.C16H21ClN6O4S.3H2/c1-13(7-5-6-10-25-20(29)32-21(2,3)4)28-33(30,31)14-8-9-15-16(11-14)18(27-19(23)24)26-12-17(15)22;1-13(7-5-6-10-23-19(26)29-20(2,3)4)25-30(27,28)14-8-9-15-16(11-14)18(22)24-12-17(15)21;17-12-8-21-14(22-16(19)20)11-7-9(4-5-10(11)12)28(26,27)23-13(15(24)25)3-1-2-6-18;;;/h8-9,11-13,28H,5-7,10H2,1-4H3,(H,25,29)(H4,23,24,26,27);8-9,11-13,25H,5-7,10H2,1-4H3,(H,23,26);4-5,7-8,13,23H,1-3,6,18H2,(H,24,25)(H4,19,20,21,22);3*1H/t3*13-;;;/m110.../s1/i;;;3*1+1. The van der Waals surface area contributed by atoms with Crippen LogP contribution in [-0.4, -0.2) is 124 Å². The lowest BCUT2D eigenvalue weighted by molar-refractivity contribution is -0.139. The number of aliphatic imine (C=N–C) groups is 2. The SMILES string of the molecule is C[C@H](CCCCNC(=O)OC(C)(C)C)NS(=O)(=O)c1ccc2c(Cl)cnc(Cl)c2c1.C[C@H](CCCCNC(=O)OC(C)(C)C)NS(=O)(=O)c1ccc2c(Cl)cnc(N=C(N)N)c2c1.NCCCC[C@H](NS(=O)(=O)c1ccc2c(Cl)cnc(N=C(N)N)c2c1)C(=O)O.[2HH].[2HH].[2HH]. The number of hydrogen-bond acceptors (Lipinski definition) is 17. The molecule has 0 bridgehead atoms. The third-order valence-electron chi connectivity index (χ3n) is 12.5. The summed E-state index contributed by atoms with van der Waals surface area (Å²) in [6.07, 6.45) is 8.49. The molecule has 91 heavy (non-hydrogen) atoms. The second kappa shape index (κ2) is 34.3. The minimum Gasteiger partial charge on any atom is -0.480 e. The summed E-state index contributed by atoms with van der Waals surface area (Å²) in [7, 11) is -11.7. The maximum Gasteiger partial charge on any atom is 0.407 e. The summed E-state index contributed by atoms with van der Waals surface area (Å²) < 4.78 is 94.5. The van der Waals surface area contributed by atoms with E-state index in [1.165, 1.54) is 61.1 Å². The Morgan fingerprint density at radius 2 is 0.890 bits per heavy atom. The number of carbonyl (C=O) groups is 3. The number of rotatable bonds is 26. The number of alkyl carbamates (subject to hydrolysis) is 2. The first kappa shape index (κ1) is 76.7. The molecule has 16 N–H and O–H groups in total. The molecule has 0 aliphatic heterocycles. The van der Waals surface area contributed by atoms with Gasteiger partial charge < -0.3 is 53.9 Å². The second-order valence-electron chi connectivity index (χ2n) is 22.6. The molecule has 0 aliphatic rings. The van der Waals surface area contributed by atoms with Crippen LogP contribution in [0.15, 0.2) is 97.9 Å². The van der Waals surface area contributed by atoms with Crippen LogP contribution in [0.1, 0.15) is 117 Å². The van der Waals surface area contributed by atoms with Gasteiger partial charge in [-0.1, -0.05) is 83.9 Å². The van der Waals surface area contributed by atoms with Crippen LogP contribution < -0.4 is 53.5 Å². The average molecular weight is 1410 g/mol. The molecular formula is C57H85Cl4N15O12S3. The number of sulfonamides is 3. The van der Waals surface area contributed by atoms with Crippen LogP contribution in [0, 0.1) is 0 Å². The van der Waals surface area contributed by atoms with E-state index in [1.54, 1.807) is 67.5 Å². The Bertz CT molecular complexity index is 3960. The molecule has 0 radical (unpaired) electrons. The first-order valence-corrected chi connectivity index (χ1v) is 34.3. The summed E-state index contributed by atoms with van der Waals surface area (Å²) in [6.45, 7) is 15.7. The van der Waals surface area contributed by atoms with E-state index in [9.17, 15) is 44.7 Å². The highest BCUT2D eigenvalue weighted by Gasteiger charge is 2.27. The Labute approximate surface area is 554 Å². The molecule has 34 heteroatoms. The van der Waals surface area contributed by atoms with E-state index in [2.05, 4.69) is 49.7 Å². The molecule has 0 unspecified atom stereocenters. The third kappa shape index (κ3) is 25.4. The maximum atomic E-state index is 12.9. The van der Waals surface area contributed by atoms with E-state index < -0.39 is 65.5 Å². The van der Waals surface area contributed by atoms with Crippen molar-refractivity contribution in [3.05, 3.63) is 93.4 Å². The molecule has 6 aromatic rings. The number of aliphatic carboxylic acids is 1. The number of carboxylic acids is 1. The van der Waals surface area contributed by atoms with Crippen LogP contribution in [0.2, 0.25) is 20.2 Å². The lowest BCUT2D eigenvalue weighted by Crippen LogP contribution is -2.40. The van der Waals surface area contributed by atoms with Crippen molar-refractivity contribution in [2.45, 2.75) is 157 Å². The van der Waals surface area contributed by atoms with Crippen LogP contribution in [-0.2, 0) is 44.3 Å². The van der Waals surface area contributed by atoms with Crippen molar-refractivity contribution in [3.63, 3.8) is 0 Å². The van der Waals surface area contributed by atoms with Crippen molar-refractivity contribution in [2.24, 2.45) is 38.7 Å². The summed E-state index contributed by atoms with van der Waals surface area (Å²) in [6, 6.07) is 11.3. The van der Waals surface area contributed by atoms with Crippen molar-refractivity contribution in [1.29, 1.82) is 0 Å². The van der Waals surface area contributed by atoms with Gasteiger partial charge >= 0.3 is 18.2 Å². The highest BCUT2D eigenvalue weighted by molar-refractivity contribution is 7.90. The van der Waals surface area contributed by atoms with Gasteiger partial charge in [0.05, 0.1) is 29.8 Å². The number of carboxylic acid groups (broad SMARTS) is 1. The van der Waals surface area contributed by atoms with Gasteiger partial charge in [0.2, 0.25) is 30.1 Å². The molecule has 506 valence electrons. The van der Waals surface area contributed by atoms with Gasteiger partial charge in [0.1, 0.15) is 22.4 Å². The van der Waals surface area contributed by atoms with E-state index in [0.29, 0.717) is 107 Å². The van der Waals surface area contributed by atoms with Crippen LogP contribution in [0.4, 0.5) is 21.2 Å². The van der Waals surface area contributed by atoms with Gasteiger partial charge in [0, 0.05) is 80.4 Å². The molecule has 0 aliphatic carbocycles. The monoisotopic (exact) mass is 1410 g/mol. The molecule has 27 nitrogen and oxygen atoms in total. The Hall–Kier alpha value is -6.71. The highest BCUT2D eigenvalue weighted by atomic mass is 35.5. The van der Waals surface area contributed by atoms with Gasteiger partial charge in [-0.25, -0.2) is 59.2 Å². The van der Waals surface area contributed by atoms with E-state index in [4.69, 9.17) is 84.5 Å². The number of benzene rings is 3. The predicted molar refractivity (Wildman–Crippen MR) is 363 cm³/mol. The topological polar surface area (TPSA) is 446 Å². The summed E-state index contributed by atoms with van der Waals surface area (Å²) in [5.41, 5.74) is 26.0. The molecule has 0 saturated heterocycles. The number of carbonyl (C=O) groups excluding carboxylic acids is 2. The number of amides is 2. The predicted octanol–water partition coefficient (Wildman–Crippen LogP) is 9.45. The van der Waals surface area contributed by atoms with Crippen molar-refractivity contribution in [3.8, 4) is 0 Å². The van der Waals surface area contributed by atoms with Crippen molar-refractivity contribution in [1.82, 2.24) is 39.8 Å². The summed E-state index contributed by atoms with van der Waals surface area (Å²) in [5, 5.41) is 18.8. The smallest absolute Gasteiger partial charge is 0.407 e. The number of fused-ring (bicyclic) bond motifs is 3. The Morgan fingerprint density at radius 3 is 1.25 bits per heavy atom. The number of nitrogens with two attached hydrogens (primary N) is 5. The molecule has 3 heterocycles. The number of halogens is 4. The van der Waals surface area contributed by atoms with Gasteiger partial charge in [-0.2, -0.15) is 14.7 Å². The third-order valence-corrected chi connectivity index (χ3v) is 18.3. The van der Waals surface area contributed by atoms with Gasteiger partial charge in [0.15, 0.2) is 23.6 Å². The van der Waals surface area contributed by atoms with Crippen LogP contribution in [0.5, 0.6) is 0 Å². The molecule has 2 amide bonds. The molecule has 0 saturated carbocycles. The molecule has 3 aromatic carbocycles. The number of nitrogens with zero attached hydrogens (tertiary/aromatic N) is 5. The van der Waals surface area contributed by atoms with Gasteiger partial charge in [-0.15, -0.1) is 0 Å². The average Bonchev–Trinajstić information content (AvgIpc) is 0.799. The molecule has 0 spiro atoms. The first-order chi connectivity index (χ1) is 42.3. The number of aromatic nitrogens is 3. The number of hydrogen-bond donors (Lipinski definition) is 11. The minimum absolute atomic E-state index is 0. The van der Waals surface area contributed by atoms with Crippen LogP contribution >= 0.6 is 46.4 Å². The Kier molecular flexibility index (Phi) is 28.9. The normalized spacial score (nSPS) is 12.9. The van der Waals surface area contributed by atoms with Crippen molar-refractivity contribution in [2.75, 3.05) is 19.6 Å². The summed E-state index contributed by atoms with van der Waals surface area (Å²) >= 11 is 24.5. The Morgan fingerprint density at radius 1 is 0.538 bits per heavy atom. The number of unbranched alkanes of at least 4 members (excludes halogenated alkanes) is 3. The van der Waals surface area contributed by atoms with Crippen LogP contribution in [0.3, 0.4) is 0 Å². The largest absolute Gasteiger partial charge is 0.480 e. The lowest BCUT2D eigenvalue weighted by atomic mass is 10.1. The van der Waals surface area contributed by atoms with Crippen LogP contribution in [0.25, 0.3) is 32.3 Å². The zero-order valence-corrected chi connectivity index (χ0v) is 56.9. The second-order valence-corrected chi connectivity index (χ2v) is 29.4. The minimum atomic E-state index is -4.14. The van der Waals surface area contributed by atoms with E-state index in [0.717, 1.165) is 6.42 Å². The number of nitrogens with one attached hydrogen (secondary N) is 5. The lowest BCUT2D eigenvalue weighted by Gasteiger charge is -2.19. The zero-order chi connectivity index (χ0) is 68.2. The molecule has 6 rings (SSSR count). The highest BCUT2D eigenvalue weighted by Crippen LogP contribution is 2.34. The number of pyridine rings is 3. The fraction of sp³-hybridized carbons (Fsp3) is 0.439. The maximum absolute atomic E-state index is 12.9. The molecule has 3 atom stereocenters. The van der Waals surface area contributed by atoms with E-state index in [1.807, 2.05) is 0 Å². The van der Waals surface area contributed by atoms with Crippen molar-refractivity contribution < 1.29 is 58.5 Å². The van der Waals surface area contributed by atoms with E-state index in [-0.39, 0.29) is 71.2 Å². The number of guanidine groups is 2. The van der Waals surface area contributed by atoms with Gasteiger partial charge in [-0.05, 0) is 137 Å². The van der Waals surface area contributed by atoms with E-state index >= 15 is 0 Å². The first-order valence-electron chi connectivity index (χ1n) is 28.4. The molecule has 3 aromatic heterocycles. The number of ether oxygens (including phenoxy) is 2.